The molecule has 3 aromatic rings. The topological polar surface area (TPSA) is 64.3 Å². The van der Waals surface area contributed by atoms with Crippen molar-refractivity contribution in [3.8, 4) is 0 Å². The number of aromatic nitrogens is 2. The van der Waals surface area contributed by atoms with E-state index < -0.39 is 0 Å². The van der Waals surface area contributed by atoms with Crippen LogP contribution in [-0.2, 0) is 17.8 Å². The quantitative estimate of drug-likeness (QED) is 0.585. The molecule has 3 heterocycles. The number of H-pyrrole nitrogens is 1. The molecule has 1 atom stereocenters. The lowest BCUT2D eigenvalue weighted by atomic mass is 9.97. The molecule has 32 heavy (non-hydrogen) atoms. The van der Waals surface area contributed by atoms with Gasteiger partial charge in [-0.3, -0.25) is 9.69 Å². The molecule has 0 aliphatic carbocycles. The number of hydrogen-bond acceptors (Lipinski definition) is 4. The van der Waals surface area contributed by atoms with E-state index in [-0.39, 0.29) is 11.8 Å². The number of rotatable bonds is 6. The van der Waals surface area contributed by atoms with Crippen LogP contribution in [0, 0.1) is 12.8 Å². The summed E-state index contributed by atoms with van der Waals surface area (Å²) in [5, 5.41) is 3.19. The average Bonchev–Trinajstić information content (AvgIpc) is 3.25. The van der Waals surface area contributed by atoms with Crippen LogP contribution in [0.2, 0.25) is 0 Å². The second-order valence-corrected chi connectivity index (χ2v) is 9.31. The first-order valence-corrected chi connectivity index (χ1v) is 11.9. The van der Waals surface area contributed by atoms with Crippen LogP contribution in [0.3, 0.4) is 0 Å². The van der Waals surface area contributed by atoms with Gasteiger partial charge in [-0.1, -0.05) is 30.3 Å². The zero-order chi connectivity index (χ0) is 21.9. The largest absolute Gasteiger partial charge is 0.356 e. The van der Waals surface area contributed by atoms with Gasteiger partial charge in [-0.15, -0.1) is 0 Å². The van der Waals surface area contributed by atoms with Crippen LogP contribution in [0.25, 0.3) is 11.0 Å². The number of benzene rings is 2. The van der Waals surface area contributed by atoms with E-state index in [9.17, 15) is 4.79 Å². The Morgan fingerprint density at radius 1 is 1.19 bits per heavy atom. The molecule has 0 bridgehead atoms. The number of nitrogens with one attached hydrogen (secondary N) is 2. The summed E-state index contributed by atoms with van der Waals surface area (Å²) in [6.07, 6.45) is 4.08. The molecule has 5 rings (SSSR count). The van der Waals surface area contributed by atoms with Crippen molar-refractivity contribution < 1.29 is 4.79 Å². The Bertz CT molecular complexity index is 1090. The van der Waals surface area contributed by atoms with Gasteiger partial charge in [0.05, 0.1) is 17.0 Å². The number of carbonyl (C=O) groups is 1. The number of nitrogens with zero attached hydrogens (tertiary/aromatic N) is 3. The molecular formula is C26H33N5O. The highest BCUT2D eigenvalue weighted by atomic mass is 16.1. The number of carbonyl (C=O) groups excluding carboxylic acids is 1. The average molecular weight is 432 g/mol. The van der Waals surface area contributed by atoms with Gasteiger partial charge in [0.2, 0.25) is 11.9 Å². The van der Waals surface area contributed by atoms with E-state index in [2.05, 4.69) is 69.5 Å². The van der Waals surface area contributed by atoms with E-state index in [0.29, 0.717) is 0 Å². The lowest BCUT2D eigenvalue weighted by molar-refractivity contribution is -0.125. The van der Waals surface area contributed by atoms with Gasteiger partial charge in [-0.25, -0.2) is 4.98 Å². The molecule has 2 aromatic carbocycles. The van der Waals surface area contributed by atoms with Gasteiger partial charge < -0.3 is 15.2 Å². The van der Waals surface area contributed by atoms with E-state index in [1.54, 1.807) is 0 Å². The normalized spacial score (nSPS) is 19.2. The van der Waals surface area contributed by atoms with Crippen LogP contribution in [-0.4, -0.2) is 53.5 Å². The maximum atomic E-state index is 12.8. The molecule has 0 saturated carbocycles. The Morgan fingerprint density at radius 2 is 2.06 bits per heavy atom. The third kappa shape index (κ3) is 4.65. The molecule has 6 heteroatoms. The highest BCUT2D eigenvalue weighted by Crippen LogP contribution is 2.24. The molecule has 2 aliphatic rings. The lowest BCUT2D eigenvalue weighted by Crippen LogP contribution is -2.44. The number of hydrogen-bond donors (Lipinski definition) is 2. The molecule has 168 valence electrons. The fourth-order valence-corrected chi connectivity index (χ4v) is 5.05. The number of anilines is 1. The molecule has 2 aliphatic heterocycles. The highest BCUT2D eigenvalue weighted by molar-refractivity contribution is 5.80. The first-order valence-electron chi connectivity index (χ1n) is 11.9. The van der Waals surface area contributed by atoms with E-state index >= 15 is 0 Å². The summed E-state index contributed by atoms with van der Waals surface area (Å²) in [5.41, 5.74) is 6.20. The van der Waals surface area contributed by atoms with Crippen LogP contribution in [0.15, 0.2) is 42.5 Å². The Labute approximate surface area is 190 Å². The second kappa shape index (κ2) is 9.33. The van der Waals surface area contributed by atoms with Gasteiger partial charge in [0, 0.05) is 39.3 Å². The minimum absolute atomic E-state index is 0.0283. The maximum Gasteiger partial charge on any atom is 0.224 e. The third-order valence-corrected chi connectivity index (χ3v) is 6.88. The molecule has 1 unspecified atom stereocenters. The number of aryl methyl sites for hydroxylation is 1. The first-order chi connectivity index (χ1) is 15.7. The number of amides is 1. The van der Waals surface area contributed by atoms with Gasteiger partial charge in [-0.05, 0) is 61.4 Å². The van der Waals surface area contributed by atoms with E-state index in [1.807, 2.05) is 0 Å². The fraction of sp³-hybridized carbons (Fsp3) is 0.462. The van der Waals surface area contributed by atoms with Crippen molar-refractivity contribution in [2.24, 2.45) is 5.92 Å². The molecule has 2 N–H and O–H groups in total. The van der Waals surface area contributed by atoms with Crippen LogP contribution in [0.4, 0.5) is 5.95 Å². The number of aromatic amines is 1. The fourth-order valence-electron chi connectivity index (χ4n) is 5.05. The predicted octanol–water partition coefficient (Wildman–Crippen LogP) is 3.65. The summed E-state index contributed by atoms with van der Waals surface area (Å²) >= 11 is 0. The Morgan fingerprint density at radius 3 is 2.97 bits per heavy atom. The summed E-state index contributed by atoms with van der Waals surface area (Å²) in [7, 11) is 0. The zero-order valence-corrected chi connectivity index (χ0v) is 18.9. The summed E-state index contributed by atoms with van der Waals surface area (Å²) in [6, 6.07) is 15.0. The minimum Gasteiger partial charge on any atom is -0.356 e. The SMILES string of the molecule is Cc1ccc2nc(N3CCCC(C(=O)NCCCN4CCc5ccccc5C4)C3)[nH]c2c1. The van der Waals surface area contributed by atoms with Crippen LogP contribution >= 0.6 is 0 Å². The van der Waals surface area contributed by atoms with Crippen LogP contribution < -0.4 is 10.2 Å². The van der Waals surface area contributed by atoms with E-state index in [1.165, 1.54) is 16.7 Å². The standard InChI is InChI=1S/C26H33N5O/c1-19-9-10-23-24(16-19)29-26(28-23)31-14-4-8-22(18-31)25(32)27-12-5-13-30-15-11-20-6-2-3-7-21(20)17-30/h2-3,6-7,9-10,16,22H,4-5,8,11-15,17-18H2,1H3,(H,27,32)(H,28,29). The molecule has 1 amide bonds. The van der Waals surface area contributed by atoms with E-state index in [4.69, 9.17) is 4.98 Å². The highest BCUT2D eigenvalue weighted by Gasteiger charge is 2.27. The molecule has 0 spiro atoms. The van der Waals surface area contributed by atoms with Crippen LogP contribution in [0.1, 0.15) is 36.0 Å². The van der Waals surface area contributed by atoms with Crippen molar-refractivity contribution in [3.63, 3.8) is 0 Å². The van der Waals surface area contributed by atoms with Gasteiger partial charge in [0.15, 0.2) is 0 Å². The Kier molecular flexibility index (Phi) is 6.12. The van der Waals surface area contributed by atoms with Gasteiger partial charge >= 0.3 is 0 Å². The summed E-state index contributed by atoms with van der Waals surface area (Å²) in [6.45, 7) is 7.68. The molecule has 1 fully saturated rings. The van der Waals surface area contributed by atoms with Crippen molar-refractivity contribution in [3.05, 3.63) is 59.2 Å². The molecular weight excluding hydrogens is 398 g/mol. The third-order valence-electron chi connectivity index (χ3n) is 6.88. The van der Waals surface area contributed by atoms with Gasteiger partial charge in [0.1, 0.15) is 0 Å². The van der Waals surface area contributed by atoms with Crippen molar-refractivity contribution >= 4 is 22.9 Å². The van der Waals surface area contributed by atoms with Crippen molar-refractivity contribution in [1.82, 2.24) is 20.2 Å². The number of imidazole rings is 1. The smallest absolute Gasteiger partial charge is 0.224 e. The summed E-state index contributed by atoms with van der Waals surface area (Å²) in [5.74, 6) is 1.10. The molecule has 1 saturated heterocycles. The minimum atomic E-state index is 0.0283. The van der Waals surface area contributed by atoms with Gasteiger partial charge in [-0.2, -0.15) is 0 Å². The van der Waals surface area contributed by atoms with E-state index in [0.717, 1.165) is 81.9 Å². The Hall–Kier alpha value is -2.86. The number of piperidine rings is 1. The van der Waals surface area contributed by atoms with Crippen molar-refractivity contribution in [2.75, 3.05) is 37.6 Å². The monoisotopic (exact) mass is 431 g/mol. The maximum absolute atomic E-state index is 12.8. The second-order valence-electron chi connectivity index (χ2n) is 9.31. The lowest BCUT2D eigenvalue weighted by Gasteiger charge is -2.32. The Balaban J connectivity index is 1.09. The molecule has 1 aromatic heterocycles. The molecule has 0 radical (unpaired) electrons. The van der Waals surface area contributed by atoms with Crippen molar-refractivity contribution in [1.29, 1.82) is 0 Å². The summed E-state index contributed by atoms with van der Waals surface area (Å²) in [4.78, 5) is 25.7. The molecule has 6 nitrogen and oxygen atoms in total. The summed E-state index contributed by atoms with van der Waals surface area (Å²) < 4.78 is 0. The van der Waals surface area contributed by atoms with Gasteiger partial charge in [0.25, 0.3) is 0 Å². The first kappa shape index (κ1) is 21.0. The van der Waals surface area contributed by atoms with Crippen molar-refractivity contribution in [2.45, 2.75) is 39.2 Å². The number of fused-ring (bicyclic) bond motifs is 2. The van der Waals surface area contributed by atoms with Crippen LogP contribution in [0.5, 0.6) is 0 Å². The zero-order valence-electron chi connectivity index (χ0n) is 18.9. The predicted molar refractivity (Wildman–Crippen MR) is 129 cm³/mol.